The summed E-state index contributed by atoms with van der Waals surface area (Å²) < 4.78 is 5.48. The number of hydrogen-bond donors (Lipinski definition) is 1. The second kappa shape index (κ2) is 7.28. The van der Waals surface area contributed by atoms with Crippen molar-refractivity contribution < 1.29 is 4.74 Å². The number of halogens is 5. The lowest BCUT2D eigenvalue weighted by Crippen LogP contribution is -2.27. The first kappa shape index (κ1) is 16.5. The Kier molecular flexibility index (Phi) is 6.66. The molecule has 1 rings (SSSR count). The number of nitrogens with one attached hydrogen (secondary N) is 1. The minimum Gasteiger partial charge on any atom is -0.489 e. The van der Waals surface area contributed by atoms with E-state index in [1.807, 2.05) is 13.8 Å². The van der Waals surface area contributed by atoms with E-state index in [1.54, 1.807) is 0 Å². The average molecular weight is 351 g/mol. The molecule has 0 radical (unpaired) electrons. The molecule has 0 amide bonds. The molecule has 0 saturated heterocycles. The number of benzene rings is 1. The van der Waals surface area contributed by atoms with Crippen LogP contribution in [0.3, 0.4) is 0 Å². The molecule has 0 unspecified atom stereocenters. The third-order valence-electron chi connectivity index (χ3n) is 2.07. The number of rotatable bonds is 5. The Morgan fingerprint density at radius 2 is 1.33 bits per heavy atom. The predicted octanol–water partition coefficient (Wildman–Crippen LogP) is 5.33. The van der Waals surface area contributed by atoms with E-state index in [4.69, 9.17) is 62.7 Å². The quantitative estimate of drug-likeness (QED) is 0.440. The average Bonchev–Trinajstić information content (AvgIpc) is 2.32. The highest BCUT2D eigenvalue weighted by Crippen LogP contribution is 2.48. The summed E-state index contributed by atoms with van der Waals surface area (Å²) in [4.78, 5) is 0. The normalized spacial score (nSPS) is 11.1. The molecule has 102 valence electrons. The molecule has 1 aromatic rings. The zero-order chi connectivity index (χ0) is 13.9. The van der Waals surface area contributed by atoms with Gasteiger partial charge in [0.05, 0.1) is 15.1 Å². The van der Waals surface area contributed by atoms with Crippen LogP contribution in [0.25, 0.3) is 0 Å². The van der Waals surface area contributed by atoms with Crippen LogP contribution in [-0.2, 0) is 0 Å². The van der Waals surface area contributed by atoms with E-state index in [0.717, 1.165) is 0 Å². The van der Waals surface area contributed by atoms with Crippen LogP contribution in [0.1, 0.15) is 13.8 Å². The monoisotopic (exact) mass is 349 g/mol. The van der Waals surface area contributed by atoms with E-state index < -0.39 is 0 Å². The summed E-state index contributed by atoms with van der Waals surface area (Å²) in [6, 6.07) is 0.372. The Morgan fingerprint density at radius 3 is 1.78 bits per heavy atom. The fourth-order valence-electron chi connectivity index (χ4n) is 1.21. The summed E-state index contributed by atoms with van der Waals surface area (Å²) >= 11 is 29.7. The van der Waals surface area contributed by atoms with Crippen LogP contribution in [-0.4, -0.2) is 19.2 Å². The molecule has 0 heterocycles. The lowest BCUT2D eigenvalue weighted by Gasteiger charge is -2.14. The summed E-state index contributed by atoms with van der Waals surface area (Å²) in [7, 11) is 0. The largest absolute Gasteiger partial charge is 0.489 e. The first-order valence-electron chi connectivity index (χ1n) is 5.23. The minimum atomic E-state index is 0.126. The van der Waals surface area contributed by atoms with E-state index >= 15 is 0 Å². The van der Waals surface area contributed by atoms with Crippen LogP contribution in [0.4, 0.5) is 0 Å². The summed E-state index contributed by atoms with van der Waals surface area (Å²) in [5, 5.41) is 3.93. The Bertz CT molecular complexity index is 407. The van der Waals surface area contributed by atoms with Gasteiger partial charge in [0.25, 0.3) is 0 Å². The molecule has 0 aliphatic carbocycles. The second-order valence-electron chi connectivity index (χ2n) is 3.86. The minimum absolute atomic E-state index is 0.126. The van der Waals surface area contributed by atoms with Crippen molar-refractivity contribution in [2.75, 3.05) is 13.2 Å². The molecule has 0 aliphatic heterocycles. The third kappa shape index (κ3) is 3.96. The van der Waals surface area contributed by atoms with Gasteiger partial charge in [-0.3, -0.25) is 0 Å². The first-order valence-corrected chi connectivity index (χ1v) is 7.12. The summed E-state index contributed by atoms with van der Waals surface area (Å²) in [6.45, 7) is 5.13. The van der Waals surface area contributed by atoms with Gasteiger partial charge in [-0.2, -0.15) is 0 Å². The van der Waals surface area contributed by atoms with Gasteiger partial charge in [0, 0.05) is 12.6 Å². The SMILES string of the molecule is CC(C)NCCOc1c(Cl)c(Cl)c(Cl)c(Cl)c1Cl. The smallest absolute Gasteiger partial charge is 0.159 e. The standard InChI is InChI=1S/C11H12Cl5NO/c1-5(2)17-3-4-18-11-9(15)7(13)6(12)8(14)10(11)16/h5,17H,3-4H2,1-2H3. The van der Waals surface area contributed by atoms with Gasteiger partial charge in [-0.05, 0) is 0 Å². The molecule has 0 saturated carbocycles. The lowest BCUT2D eigenvalue weighted by atomic mass is 10.3. The van der Waals surface area contributed by atoms with Gasteiger partial charge >= 0.3 is 0 Å². The van der Waals surface area contributed by atoms with E-state index in [0.29, 0.717) is 19.2 Å². The highest BCUT2D eigenvalue weighted by atomic mass is 35.5. The lowest BCUT2D eigenvalue weighted by molar-refractivity contribution is 0.309. The Hall–Kier alpha value is 0.430. The van der Waals surface area contributed by atoms with Crippen LogP contribution < -0.4 is 10.1 Å². The maximum atomic E-state index is 6.01. The third-order valence-corrected chi connectivity index (χ3v) is 4.31. The Labute approximate surface area is 131 Å². The molecule has 2 nitrogen and oxygen atoms in total. The van der Waals surface area contributed by atoms with Gasteiger partial charge < -0.3 is 10.1 Å². The Morgan fingerprint density at radius 1 is 0.889 bits per heavy atom. The topological polar surface area (TPSA) is 21.3 Å². The van der Waals surface area contributed by atoms with Crippen LogP contribution in [0.2, 0.25) is 25.1 Å². The fourth-order valence-corrected chi connectivity index (χ4v) is 2.44. The predicted molar refractivity (Wildman–Crippen MR) is 80.1 cm³/mol. The van der Waals surface area contributed by atoms with Crippen molar-refractivity contribution in [3.05, 3.63) is 25.1 Å². The first-order chi connectivity index (χ1) is 8.36. The van der Waals surface area contributed by atoms with Gasteiger partial charge in [-0.15, -0.1) is 0 Å². The maximum absolute atomic E-state index is 6.01. The molecule has 0 fully saturated rings. The van der Waals surface area contributed by atoms with Gasteiger partial charge in [0.15, 0.2) is 5.75 Å². The molecule has 7 heteroatoms. The van der Waals surface area contributed by atoms with E-state index in [2.05, 4.69) is 5.32 Å². The molecule has 0 bridgehead atoms. The molecule has 0 spiro atoms. The van der Waals surface area contributed by atoms with Crippen molar-refractivity contribution in [1.29, 1.82) is 0 Å². The van der Waals surface area contributed by atoms with E-state index in [1.165, 1.54) is 0 Å². The number of hydrogen-bond acceptors (Lipinski definition) is 2. The van der Waals surface area contributed by atoms with Crippen LogP contribution >= 0.6 is 58.0 Å². The molecule has 0 aromatic heterocycles. The van der Waals surface area contributed by atoms with Gasteiger partial charge in [-0.25, -0.2) is 0 Å². The van der Waals surface area contributed by atoms with Gasteiger partial charge in [0.2, 0.25) is 0 Å². The zero-order valence-electron chi connectivity index (χ0n) is 9.79. The zero-order valence-corrected chi connectivity index (χ0v) is 13.6. The van der Waals surface area contributed by atoms with Crippen molar-refractivity contribution in [3.63, 3.8) is 0 Å². The van der Waals surface area contributed by atoms with Crippen LogP contribution in [0.5, 0.6) is 5.75 Å². The summed E-state index contributed by atoms with van der Waals surface area (Å²) in [5.74, 6) is 0.253. The highest BCUT2D eigenvalue weighted by Gasteiger charge is 2.20. The second-order valence-corrected chi connectivity index (χ2v) is 5.75. The molecular formula is C11H12Cl5NO. The van der Waals surface area contributed by atoms with E-state index in [-0.39, 0.29) is 30.9 Å². The maximum Gasteiger partial charge on any atom is 0.159 e. The molecule has 0 aliphatic rings. The summed E-state index contributed by atoms with van der Waals surface area (Å²) in [5.41, 5.74) is 0. The molecule has 1 aromatic carbocycles. The summed E-state index contributed by atoms with van der Waals surface area (Å²) in [6.07, 6.45) is 0. The molecular weight excluding hydrogens is 339 g/mol. The van der Waals surface area contributed by atoms with Crippen molar-refractivity contribution in [3.8, 4) is 5.75 Å². The van der Waals surface area contributed by atoms with Crippen molar-refractivity contribution in [2.24, 2.45) is 0 Å². The molecule has 1 N–H and O–H groups in total. The highest BCUT2D eigenvalue weighted by molar-refractivity contribution is 6.55. The fraction of sp³-hybridized carbons (Fsp3) is 0.455. The van der Waals surface area contributed by atoms with Gasteiger partial charge in [-0.1, -0.05) is 71.9 Å². The van der Waals surface area contributed by atoms with Crippen molar-refractivity contribution in [2.45, 2.75) is 19.9 Å². The van der Waals surface area contributed by atoms with E-state index in [9.17, 15) is 0 Å². The molecule has 0 atom stereocenters. The van der Waals surface area contributed by atoms with Crippen molar-refractivity contribution in [1.82, 2.24) is 5.32 Å². The van der Waals surface area contributed by atoms with Crippen LogP contribution in [0.15, 0.2) is 0 Å². The van der Waals surface area contributed by atoms with Crippen molar-refractivity contribution >= 4 is 58.0 Å². The Balaban J connectivity index is 2.83. The van der Waals surface area contributed by atoms with Gasteiger partial charge in [0.1, 0.15) is 16.7 Å². The molecule has 18 heavy (non-hydrogen) atoms. The van der Waals surface area contributed by atoms with Crippen LogP contribution in [0, 0.1) is 0 Å². The number of ether oxygens (including phenoxy) is 1.